The van der Waals surface area contributed by atoms with Gasteiger partial charge in [-0.05, 0) is 25.5 Å². The van der Waals surface area contributed by atoms with Crippen LogP contribution in [0.3, 0.4) is 0 Å². The smallest absolute Gasteiger partial charge is 0.115 e. The predicted molar refractivity (Wildman–Crippen MR) is 46.9 cm³/mol. The average molecular weight is 163 g/mol. The van der Waals surface area contributed by atoms with Crippen LogP contribution < -0.4 is 5.32 Å². The summed E-state index contributed by atoms with van der Waals surface area (Å²) >= 11 is 0. The highest BCUT2D eigenvalue weighted by Gasteiger charge is 2.15. The van der Waals surface area contributed by atoms with Crippen LogP contribution in [0.25, 0.3) is 0 Å². The van der Waals surface area contributed by atoms with Crippen LogP contribution in [0.5, 0.6) is 0 Å². The summed E-state index contributed by atoms with van der Waals surface area (Å²) < 4.78 is 0. The molecule has 0 spiro atoms. The molecule has 1 aliphatic heterocycles. The number of piperidine rings is 1. The third-order valence-corrected chi connectivity index (χ3v) is 2.32. The van der Waals surface area contributed by atoms with Crippen LogP contribution in [0, 0.1) is 0 Å². The van der Waals surface area contributed by atoms with Crippen LogP contribution >= 0.6 is 0 Å². The van der Waals surface area contributed by atoms with Crippen LogP contribution in [0.1, 0.15) is 24.5 Å². The van der Waals surface area contributed by atoms with E-state index in [9.17, 15) is 0 Å². The van der Waals surface area contributed by atoms with Crippen molar-refractivity contribution in [3.63, 3.8) is 0 Å². The fraction of sp³-hybridized carbons (Fsp3) is 0.556. The number of nitrogens with one attached hydrogen (secondary N) is 1. The van der Waals surface area contributed by atoms with Gasteiger partial charge in [-0.15, -0.1) is 0 Å². The Morgan fingerprint density at radius 1 is 1.50 bits per heavy atom. The third kappa shape index (κ3) is 1.61. The van der Waals surface area contributed by atoms with Crippen molar-refractivity contribution < 1.29 is 0 Å². The van der Waals surface area contributed by atoms with E-state index < -0.39 is 0 Å². The monoisotopic (exact) mass is 163 g/mol. The zero-order chi connectivity index (χ0) is 8.23. The van der Waals surface area contributed by atoms with Gasteiger partial charge in [0.05, 0.1) is 0 Å². The van der Waals surface area contributed by atoms with Crippen molar-refractivity contribution in [2.45, 2.75) is 18.8 Å². The number of aromatic nitrogens is 2. The van der Waals surface area contributed by atoms with Crippen molar-refractivity contribution in [3.8, 4) is 0 Å². The van der Waals surface area contributed by atoms with Crippen molar-refractivity contribution in [3.05, 3.63) is 24.3 Å². The van der Waals surface area contributed by atoms with Gasteiger partial charge in [-0.3, -0.25) is 0 Å². The highest BCUT2D eigenvalue weighted by molar-refractivity contribution is 5.07. The zero-order valence-corrected chi connectivity index (χ0v) is 7.03. The Hall–Kier alpha value is -0.960. The minimum atomic E-state index is 0.599. The maximum absolute atomic E-state index is 4.25. The molecule has 0 radical (unpaired) electrons. The maximum Gasteiger partial charge on any atom is 0.115 e. The Kier molecular flexibility index (Phi) is 2.32. The van der Waals surface area contributed by atoms with Gasteiger partial charge in [-0.25, -0.2) is 9.97 Å². The van der Waals surface area contributed by atoms with Crippen LogP contribution in [0.4, 0.5) is 0 Å². The second kappa shape index (κ2) is 3.63. The average Bonchev–Trinajstić information content (AvgIpc) is 2.21. The Balaban J connectivity index is 2.08. The molecule has 2 rings (SSSR count). The molecule has 0 saturated carbocycles. The van der Waals surface area contributed by atoms with Crippen molar-refractivity contribution in [1.29, 1.82) is 0 Å². The molecule has 1 aromatic rings. The fourth-order valence-electron chi connectivity index (χ4n) is 1.65. The highest BCUT2D eigenvalue weighted by Crippen LogP contribution is 2.19. The quantitative estimate of drug-likeness (QED) is 0.669. The largest absolute Gasteiger partial charge is 0.316 e. The zero-order valence-electron chi connectivity index (χ0n) is 7.03. The molecular weight excluding hydrogens is 150 g/mol. The molecular formula is C9H13N3. The van der Waals surface area contributed by atoms with Gasteiger partial charge < -0.3 is 5.32 Å². The lowest BCUT2D eigenvalue weighted by Gasteiger charge is -2.21. The Morgan fingerprint density at radius 3 is 3.17 bits per heavy atom. The van der Waals surface area contributed by atoms with E-state index >= 15 is 0 Å². The molecule has 12 heavy (non-hydrogen) atoms. The molecule has 3 nitrogen and oxygen atoms in total. The lowest BCUT2D eigenvalue weighted by atomic mass is 9.96. The Labute approximate surface area is 72.2 Å². The molecule has 3 heteroatoms. The first-order valence-corrected chi connectivity index (χ1v) is 4.43. The lowest BCUT2D eigenvalue weighted by Crippen LogP contribution is -2.28. The minimum Gasteiger partial charge on any atom is -0.316 e. The molecule has 1 atom stereocenters. The van der Waals surface area contributed by atoms with Gasteiger partial charge in [0.1, 0.15) is 6.33 Å². The van der Waals surface area contributed by atoms with Crippen molar-refractivity contribution in [1.82, 2.24) is 15.3 Å². The standard InChI is InChI=1S/C9H13N3/c1-2-8(6-10-4-1)9-3-5-11-7-12-9/h3,5,7-8,10H,1-2,4,6H2. The predicted octanol–water partition coefficient (Wildman–Crippen LogP) is 0.944. The van der Waals surface area contributed by atoms with Crippen molar-refractivity contribution in [2.75, 3.05) is 13.1 Å². The molecule has 0 amide bonds. The molecule has 1 aliphatic rings. The van der Waals surface area contributed by atoms with E-state index in [1.54, 1.807) is 6.33 Å². The van der Waals surface area contributed by atoms with Crippen LogP contribution in [-0.4, -0.2) is 23.1 Å². The van der Waals surface area contributed by atoms with E-state index in [4.69, 9.17) is 0 Å². The molecule has 0 bridgehead atoms. The first-order valence-electron chi connectivity index (χ1n) is 4.43. The van der Waals surface area contributed by atoms with Gasteiger partial charge in [-0.2, -0.15) is 0 Å². The van der Waals surface area contributed by atoms with Crippen LogP contribution in [0.15, 0.2) is 18.6 Å². The molecule has 0 aromatic carbocycles. The fourth-order valence-corrected chi connectivity index (χ4v) is 1.65. The lowest BCUT2D eigenvalue weighted by molar-refractivity contribution is 0.454. The summed E-state index contributed by atoms with van der Waals surface area (Å²) in [7, 11) is 0. The molecule has 2 heterocycles. The van der Waals surface area contributed by atoms with Gasteiger partial charge in [0.25, 0.3) is 0 Å². The molecule has 1 N–H and O–H groups in total. The van der Waals surface area contributed by atoms with E-state index in [0.29, 0.717) is 5.92 Å². The summed E-state index contributed by atoms with van der Waals surface area (Å²) in [5.41, 5.74) is 1.18. The van der Waals surface area contributed by atoms with Gasteiger partial charge in [0.2, 0.25) is 0 Å². The molecule has 1 unspecified atom stereocenters. The Morgan fingerprint density at radius 2 is 2.50 bits per heavy atom. The van der Waals surface area contributed by atoms with Gasteiger partial charge in [0.15, 0.2) is 0 Å². The molecule has 64 valence electrons. The van der Waals surface area contributed by atoms with E-state index in [-0.39, 0.29) is 0 Å². The van der Waals surface area contributed by atoms with Crippen LogP contribution in [0.2, 0.25) is 0 Å². The second-order valence-corrected chi connectivity index (χ2v) is 3.18. The van der Waals surface area contributed by atoms with Gasteiger partial charge >= 0.3 is 0 Å². The first kappa shape index (κ1) is 7.68. The number of hydrogen-bond donors (Lipinski definition) is 1. The van der Waals surface area contributed by atoms with Crippen molar-refractivity contribution >= 4 is 0 Å². The number of rotatable bonds is 1. The minimum absolute atomic E-state index is 0.599. The van der Waals surface area contributed by atoms with Gasteiger partial charge in [-0.1, -0.05) is 0 Å². The molecule has 0 aliphatic carbocycles. The number of hydrogen-bond acceptors (Lipinski definition) is 3. The van der Waals surface area contributed by atoms with Crippen molar-refractivity contribution in [2.24, 2.45) is 0 Å². The summed E-state index contributed by atoms with van der Waals surface area (Å²) in [4.78, 5) is 8.16. The highest BCUT2D eigenvalue weighted by atomic mass is 14.9. The van der Waals surface area contributed by atoms with E-state index in [0.717, 1.165) is 13.1 Å². The first-order chi connectivity index (χ1) is 5.97. The molecule has 1 fully saturated rings. The molecule has 1 saturated heterocycles. The summed E-state index contributed by atoms with van der Waals surface area (Å²) in [6.07, 6.45) is 5.96. The number of nitrogens with zero attached hydrogens (tertiary/aromatic N) is 2. The topological polar surface area (TPSA) is 37.8 Å². The second-order valence-electron chi connectivity index (χ2n) is 3.18. The summed E-state index contributed by atoms with van der Waals surface area (Å²) in [6.45, 7) is 2.22. The normalized spacial score (nSPS) is 23.8. The summed E-state index contributed by atoms with van der Waals surface area (Å²) in [5.74, 6) is 0.599. The van der Waals surface area contributed by atoms with Gasteiger partial charge in [0, 0.05) is 24.4 Å². The Bertz CT molecular complexity index is 229. The molecule has 1 aromatic heterocycles. The third-order valence-electron chi connectivity index (χ3n) is 2.32. The maximum atomic E-state index is 4.25. The summed E-state index contributed by atoms with van der Waals surface area (Å²) in [6, 6.07) is 2.01. The van der Waals surface area contributed by atoms with E-state index in [2.05, 4.69) is 15.3 Å². The SMILES string of the molecule is c1cc(C2CCCNC2)ncn1. The van der Waals surface area contributed by atoms with Crippen LogP contribution in [-0.2, 0) is 0 Å². The van der Waals surface area contributed by atoms with E-state index in [1.807, 2.05) is 12.3 Å². The summed E-state index contributed by atoms with van der Waals surface area (Å²) in [5, 5.41) is 3.37. The van der Waals surface area contributed by atoms with E-state index in [1.165, 1.54) is 18.5 Å².